The molecule has 1 aromatic carbocycles. The molecular formula is C20H29N5O. The Bertz CT molecular complexity index is 764. The lowest BCUT2D eigenvalue weighted by Crippen LogP contribution is -2.51. The van der Waals surface area contributed by atoms with E-state index in [9.17, 15) is 0 Å². The summed E-state index contributed by atoms with van der Waals surface area (Å²) < 4.78 is 6.00. The predicted octanol–water partition coefficient (Wildman–Crippen LogP) is 1.80. The Kier molecular flexibility index (Phi) is 4.40. The lowest BCUT2D eigenvalue weighted by atomic mass is 9.80. The van der Waals surface area contributed by atoms with Crippen LogP contribution < -0.4 is 26.8 Å². The quantitative estimate of drug-likeness (QED) is 0.648. The molecule has 1 unspecified atom stereocenters. The first-order valence-corrected chi connectivity index (χ1v) is 9.57. The van der Waals surface area contributed by atoms with Crippen LogP contribution in [0.15, 0.2) is 28.9 Å². The molecule has 2 heterocycles. The zero-order chi connectivity index (χ0) is 18.3. The first kappa shape index (κ1) is 17.4. The largest absolute Gasteiger partial charge is 0.493 e. The smallest absolute Gasteiger partial charge is 0.211 e. The third kappa shape index (κ3) is 3.08. The number of benzene rings is 1. The van der Waals surface area contributed by atoms with Crippen LogP contribution in [0, 0.1) is 0 Å². The van der Waals surface area contributed by atoms with Crippen molar-refractivity contribution in [3.05, 3.63) is 40.6 Å². The molecule has 26 heavy (non-hydrogen) atoms. The second-order valence-corrected chi connectivity index (χ2v) is 7.73. The average Bonchev–Trinajstić information content (AvgIpc) is 3.09. The number of hydrogen-bond acceptors (Lipinski definition) is 6. The Morgan fingerprint density at radius 1 is 1.27 bits per heavy atom. The highest BCUT2D eigenvalue weighted by atomic mass is 16.5. The van der Waals surface area contributed by atoms with Crippen molar-refractivity contribution in [3.8, 4) is 5.75 Å². The topological polar surface area (TPSA) is 97.7 Å². The van der Waals surface area contributed by atoms with Crippen LogP contribution in [0.2, 0.25) is 0 Å². The summed E-state index contributed by atoms with van der Waals surface area (Å²) in [6, 6.07) is 4.69. The van der Waals surface area contributed by atoms with Crippen LogP contribution in [0.5, 0.6) is 5.75 Å². The Morgan fingerprint density at radius 2 is 2.04 bits per heavy atom. The van der Waals surface area contributed by atoms with Crippen LogP contribution in [0.1, 0.15) is 55.2 Å². The molecule has 1 fully saturated rings. The number of likely N-dealkylation sites (N-methyl/N-ethyl adjacent to an activating group) is 1. The maximum Gasteiger partial charge on any atom is 0.211 e. The van der Waals surface area contributed by atoms with E-state index in [4.69, 9.17) is 21.2 Å². The van der Waals surface area contributed by atoms with Gasteiger partial charge in [-0.2, -0.15) is 0 Å². The molecule has 1 aromatic rings. The molecule has 2 aliphatic heterocycles. The highest BCUT2D eigenvalue weighted by Gasteiger charge is 2.34. The Labute approximate surface area is 155 Å². The second-order valence-electron chi connectivity index (χ2n) is 7.73. The number of allylic oxidation sites excluding steroid dienone is 1. The summed E-state index contributed by atoms with van der Waals surface area (Å²) in [5.41, 5.74) is 17.3. The normalized spacial score (nSPS) is 30.6. The van der Waals surface area contributed by atoms with E-state index in [0.717, 1.165) is 61.6 Å². The van der Waals surface area contributed by atoms with Crippen molar-refractivity contribution in [3.63, 3.8) is 0 Å². The van der Waals surface area contributed by atoms with Gasteiger partial charge >= 0.3 is 0 Å². The van der Waals surface area contributed by atoms with Crippen LogP contribution in [0.4, 0.5) is 0 Å². The van der Waals surface area contributed by atoms with Gasteiger partial charge in [0.1, 0.15) is 11.6 Å². The van der Waals surface area contributed by atoms with Gasteiger partial charge in [0, 0.05) is 30.8 Å². The van der Waals surface area contributed by atoms with Gasteiger partial charge in [-0.05, 0) is 67.9 Å². The van der Waals surface area contributed by atoms with E-state index in [0.29, 0.717) is 12.0 Å². The Morgan fingerprint density at radius 3 is 2.77 bits per heavy atom. The maximum atomic E-state index is 6.71. The zero-order valence-electron chi connectivity index (χ0n) is 15.6. The van der Waals surface area contributed by atoms with Gasteiger partial charge < -0.3 is 21.1 Å². The molecule has 6 heteroatoms. The van der Waals surface area contributed by atoms with Crippen molar-refractivity contribution in [1.29, 1.82) is 0 Å². The molecule has 1 aliphatic carbocycles. The van der Waals surface area contributed by atoms with E-state index in [1.807, 2.05) is 20.0 Å². The minimum Gasteiger partial charge on any atom is -0.493 e. The predicted molar refractivity (Wildman–Crippen MR) is 104 cm³/mol. The summed E-state index contributed by atoms with van der Waals surface area (Å²) in [5, 5.41) is 6.46. The van der Waals surface area contributed by atoms with Crippen molar-refractivity contribution in [2.75, 3.05) is 13.7 Å². The number of hydrogen-bond donors (Lipinski definition) is 4. The van der Waals surface area contributed by atoms with Gasteiger partial charge in [0.2, 0.25) is 5.79 Å². The van der Waals surface area contributed by atoms with Crippen molar-refractivity contribution >= 4 is 5.84 Å². The van der Waals surface area contributed by atoms with Crippen molar-refractivity contribution < 1.29 is 4.74 Å². The highest BCUT2D eigenvalue weighted by molar-refractivity contribution is 5.94. The molecule has 1 atom stereocenters. The van der Waals surface area contributed by atoms with Gasteiger partial charge in [-0.15, -0.1) is 0 Å². The number of ether oxygens (including phenoxy) is 1. The van der Waals surface area contributed by atoms with Crippen LogP contribution in [-0.4, -0.2) is 25.5 Å². The van der Waals surface area contributed by atoms with Gasteiger partial charge in [0.15, 0.2) is 0 Å². The number of fused-ring (bicyclic) bond motifs is 1. The van der Waals surface area contributed by atoms with Gasteiger partial charge in [0.05, 0.1) is 6.61 Å². The highest BCUT2D eigenvalue weighted by Crippen LogP contribution is 2.43. The molecule has 0 bridgehead atoms. The molecule has 6 nitrogen and oxygen atoms in total. The Hall–Kier alpha value is -2.05. The molecule has 0 radical (unpaired) electrons. The van der Waals surface area contributed by atoms with E-state index in [1.165, 1.54) is 11.1 Å². The monoisotopic (exact) mass is 355 g/mol. The molecule has 0 aromatic heterocycles. The molecule has 6 N–H and O–H groups in total. The SMILES string of the molecule is CNC1=NC(N)(c2cc3c(c(C4CCC(N)CC4)c2)OCC3)NC(C)=C1. The molecule has 1 saturated carbocycles. The summed E-state index contributed by atoms with van der Waals surface area (Å²) in [5.74, 6) is 1.37. The second kappa shape index (κ2) is 6.59. The number of nitrogens with two attached hydrogens (primary N) is 2. The third-order valence-electron chi connectivity index (χ3n) is 5.76. The van der Waals surface area contributed by atoms with Crippen LogP contribution in [0.3, 0.4) is 0 Å². The van der Waals surface area contributed by atoms with Crippen molar-refractivity contribution in [1.82, 2.24) is 10.6 Å². The van der Waals surface area contributed by atoms with Crippen molar-refractivity contribution in [2.24, 2.45) is 16.5 Å². The fourth-order valence-electron chi connectivity index (χ4n) is 4.35. The number of nitrogens with one attached hydrogen (secondary N) is 2. The number of nitrogens with zero attached hydrogens (tertiary/aromatic N) is 1. The van der Waals surface area contributed by atoms with Gasteiger partial charge in [0.25, 0.3) is 0 Å². The van der Waals surface area contributed by atoms with E-state index >= 15 is 0 Å². The number of rotatable bonds is 2. The first-order valence-electron chi connectivity index (χ1n) is 9.57. The molecule has 140 valence electrons. The fourth-order valence-corrected chi connectivity index (χ4v) is 4.35. The minimum atomic E-state index is -0.964. The summed E-state index contributed by atoms with van der Waals surface area (Å²) in [6.45, 7) is 2.75. The van der Waals surface area contributed by atoms with Crippen molar-refractivity contribution in [2.45, 2.75) is 56.8 Å². The van der Waals surface area contributed by atoms with Crippen LogP contribution in [-0.2, 0) is 12.2 Å². The average molecular weight is 355 g/mol. The lowest BCUT2D eigenvalue weighted by Gasteiger charge is -2.34. The molecule has 0 amide bonds. The fraction of sp³-hybridized carbons (Fsp3) is 0.550. The molecule has 0 spiro atoms. The Balaban J connectivity index is 1.75. The summed E-state index contributed by atoms with van der Waals surface area (Å²) >= 11 is 0. The van der Waals surface area contributed by atoms with Gasteiger partial charge in [-0.3, -0.25) is 5.73 Å². The summed E-state index contributed by atoms with van der Waals surface area (Å²) in [7, 11) is 1.86. The van der Waals surface area contributed by atoms with Gasteiger partial charge in [-0.1, -0.05) is 0 Å². The lowest BCUT2D eigenvalue weighted by molar-refractivity contribution is 0.338. The maximum absolute atomic E-state index is 6.71. The van der Waals surface area contributed by atoms with Gasteiger partial charge in [-0.25, -0.2) is 4.99 Å². The van der Waals surface area contributed by atoms with E-state index < -0.39 is 5.79 Å². The zero-order valence-corrected chi connectivity index (χ0v) is 15.6. The van der Waals surface area contributed by atoms with Crippen LogP contribution in [0.25, 0.3) is 0 Å². The molecule has 0 saturated heterocycles. The summed E-state index contributed by atoms with van der Waals surface area (Å²) in [4.78, 5) is 4.71. The summed E-state index contributed by atoms with van der Waals surface area (Å²) in [6.07, 6.45) is 7.24. The number of aliphatic imine (C=N–C) groups is 1. The minimum absolute atomic E-state index is 0.333. The van der Waals surface area contributed by atoms with E-state index in [2.05, 4.69) is 22.8 Å². The standard InChI is InChI=1S/C20H29N5O/c1-12-9-18(23-2)25-20(22,24-12)15-10-14-7-8-26-19(14)17(11-15)13-3-5-16(21)6-4-13/h9-11,13,16,24H,3-8,21-22H2,1-2H3,(H,23,25). The third-order valence-corrected chi connectivity index (χ3v) is 5.76. The van der Waals surface area contributed by atoms with Crippen LogP contribution >= 0.6 is 0 Å². The molecular weight excluding hydrogens is 326 g/mol. The molecule has 3 aliphatic rings. The number of amidine groups is 1. The molecule has 4 rings (SSSR count). The van der Waals surface area contributed by atoms with E-state index in [-0.39, 0.29) is 0 Å². The first-order chi connectivity index (χ1) is 12.5. The van der Waals surface area contributed by atoms with E-state index in [1.54, 1.807) is 0 Å².